The highest BCUT2D eigenvalue weighted by molar-refractivity contribution is 6.42. The van der Waals surface area contributed by atoms with Gasteiger partial charge in [0.05, 0.1) is 41.6 Å². The second kappa shape index (κ2) is 16.7. The van der Waals surface area contributed by atoms with Crippen LogP contribution < -0.4 is 30.3 Å². The first kappa shape index (κ1) is 37.1. The molecule has 1 aromatic heterocycles. The largest absolute Gasteiger partial charge is 0.490 e. The van der Waals surface area contributed by atoms with E-state index in [-0.39, 0.29) is 12.2 Å². The van der Waals surface area contributed by atoms with Crippen molar-refractivity contribution in [3.05, 3.63) is 116 Å². The van der Waals surface area contributed by atoms with Gasteiger partial charge in [-0.2, -0.15) is 5.10 Å². The van der Waals surface area contributed by atoms with Crippen LogP contribution in [0.5, 0.6) is 17.2 Å². The Morgan fingerprint density at radius 2 is 1.76 bits per heavy atom. The topological polar surface area (TPSA) is 145 Å². The zero-order valence-corrected chi connectivity index (χ0v) is 30.3. The Hall–Kier alpha value is -5.17. The number of benzene rings is 3. The monoisotopic (exact) mass is 735 g/mol. The van der Waals surface area contributed by atoms with Crippen molar-refractivity contribution < 1.29 is 33.6 Å². The van der Waals surface area contributed by atoms with E-state index in [1.807, 2.05) is 57.2 Å². The van der Waals surface area contributed by atoms with Crippen LogP contribution in [0.1, 0.15) is 48.0 Å². The lowest BCUT2D eigenvalue weighted by Crippen LogP contribution is -2.45. The number of nitrogens with zero attached hydrogens (tertiary/aromatic N) is 2. The molecule has 5 rings (SSSR count). The smallest absolute Gasteiger partial charge is 0.337 e. The molecule has 268 valence electrons. The molecule has 4 aromatic rings. The van der Waals surface area contributed by atoms with Gasteiger partial charge in [0.2, 0.25) is 0 Å². The number of amides is 2. The Morgan fingerprint density at radius 3 is 2.47 bits per heavy atom. The molecule has 12 nitrogen and oxygen atoms in total. The fourth-order valence-electron chi connectivity index (χ4n) is 5.62. The minimum Gasteiger partial charge on any atom is -0.490 e. The van der Waals surface area contributed by atoms with Crippen molar-refractivity contribution in [2.45, 2.75) is 46.6 Å². The number of carbonyl (C=O) groups excluding carboxylic acids is 2. The van der Waals surface area contributed by atoms with E-state index >= 15 is 0 Å². The molecule has 3 aromatic carbocycles. The molecule has 0 bridgehead atoms. The lowest BCUT2D eigenvalue weighted by molar-refractivity contribution is -0.136. The van der Waals surface area contributed by atoms with Crippen LogP contribution in [0.15, 0.2) is 83.1 Å². The minimum absolute atomic E-state index is 0.147. The average Bonchev–Trinajstić information content (AvgIpc) is 3.39. The molecule has 51 heavy (non-hydrogen) atoms. The van der Waals surface area contributed by atoms with Crippen LogP contribution >= 0.6 is 23.2 Å². The van der Waals surface area contributed by atoms with E-state index in [0.717, 1.165) is 28.2 Å². The highest BCUT2D eigenvalue weighted by Gasteiger charge is 2.32. The first-order chi connectivity index (χ1) is 24.5. The number of ether oxygens (including phenoxy) is 4. The Morgan fingerprint density at radius 1 is 1.00 bits per heavy atom. The van der Waals surface area contributed by atoms with E-state index in [4.69, 9.17) is 42.1 Å². The number of nitrogens with one attached hydrogen (secondary N) is 3. The normalized spacial score (nSPS) is 14.9. The van der Waals surface area contributed by atoms with Gasteiger partial charge >= 0.3 is 12.0 Å². The molecule has 4 N–H and O–H groups in total. The van der Waals surface area contributed by atoms with Gasteiger partial charge in [-0.05, 0) is 93.4 Å². The summed E-state index contributed by atoms with van der Waals surface area (Å²) in [5, 5.41) is 21.2. The standard InChI is InChI=1S/C37H39Cl2N5O7/c1-6-49-32-17-25(35-34(36(46)48-5)22(3)41-37(47)42-35)8-14-31(32)51-20-33(45)43-40-18-26-15-21(2)44(23(26)4)27-9-11-28(12-10-27)50-19-24-7-13-29(38)30(39)16-24/h7-18,33,35,43,45H,6,19-20H2,1-5H3,(H2,41,42,47)/b40-18+/t33-,35-/m0/s1. The zero-order valence-electron chi connectivity index (χ0n) is 28.8. The van der Waals surface area contributed by atoms with Gasteiger partial charge in [0, 0.05) is 28.3 Å². The van der Waals surface area contributed by atoms with Crippen LogP contribution in [0.3, 0.4) is 0 Å². The molecular weight excluding hydrogens is 697 g/mol. The Kier molecular flexibility index (Phi) is 12.1. The van der Waals surface area contributed by atoms with Gasteiger partial charge in [0.15, 0.2) is 17.7 Å². The van der Waals surface area contributed by atoms with Gasteiger partial charge in [-0.3, -0.25) is 5.43 Å². The summed E-state index contributed by atoms with van der Waals surface area (Å²) in [5.74, 6) is 0.880. The summed E-state index contributed by atoms with van der Waals surface area (Å²) in [6.07, 6.45) is 0.495. The summed E-state index contributed by atoms with van der Waals surface area (Å²) in [6, 6.07) is 19.0. The second-order valence-corrected chi connectivity index (χ2v) is 12.4. The highest BCUT2D eigenvalue weighted by atomic mass is 35.5. The highest BCUT2D eigenvalue weighted by Crippen LogP contribution is 2.35. The van der Waals surface area contributed by atoms with Crippen LogP contribution in [-0.4, -0.2) is 54.4 Å². The molecule has 2 amide bonds. The lowest BCUT2D eigenvalue weighted by Gasteiger charge is -2.28. The van der Waals surface area contributed by atoms with E-state index in [1.54, 1.807) is 43.5 Å². The van der Waals surface area contributed by atoms with E-state index < -0.39 is 24.3 Å². The second-order valence-electron chi connectivity index (χ2n) is 11.6. The number of aliphatic hydroxyl groups is 1. The summed E-state index contributed by atoms with van der Waals surface area (Å²) < 4.78 is 24.6. The van der Waals surface area contributed by atoms with Crippen molar-refractivity contribution in [2.24, 2.45) is 5.10 Å². The summed E-state index contributed by atoms with van der Waals surface area (Å²) in [4.78, 5) is 24.7. The van der Waals surface area contributed by atoms with E-state index in [0.29, 0.717) is 51.8 Å². The maximum atomic E-state index is 12.5. The summed E-state index contributed by atoms with van der Waals surface area (Å²) in [6.45, 7) is 7.99. The number of carbonyl (C=O) groups is 2. The maximum absolute atomic E-state index is 12.5. The summed E-state index contributed by atoms with van der Waals surface area (Å²) >= 11 is 12.1. The molecule has 14 heteroatoms. The van der Waals surface area contributed by atoms with Gasteiger partial charge in [-0.1, -0.05) is 35.3 Å². The number of aryl methyl sites for hydroxylation is 1. The predicted octanol–water partition coefficient (Wildman–Crippen LogP) is 6.50. The third kappa shape index (κ3) is 8.95. The molecule has 0 radical (unpaired) electrons. The summed E-state index contributed by atoms with van der Waals surface area (Å²) in [5.41, 5.74) is 8.64. The molecule has 0 unspecified atom stereocenters. The minimum atomic E-state index is -1.14. The first-order valence-corrected chi connectivity index (χ1v) is 16.8. The molecule has 2 atom stereocenters. The van der Waals surface area contributed by atoms with Crippen LogP contribution in [0.4, 0.5) is 4.79 Å². The Balaban J connectivity index is 1.19. The molecule has 0 fully saturated rings. The zero-order chi connectivity index (χ0) is 36.7. The number of aromatic nitrogens is 1. The molecule has 0 saturated carbocycles. The Bertz CT molecular complexity index is 1960. The number of urea groups is 1. The number of allylic oxidation sites excluding steroid dienone is 1. The van der Waals surface area contributed by atoms with Crippen molar-refractivity contribution in [3.8, 4) is 22.9 Å². The molecule has 0 spiro atoms. The number of hydrogen-bond donors (Lipinski definition) is 4. The number of rotatable bonds is 14. The van der Waals surface area contributed by atoms with Crippen molar-refractivity contribution in [3.63, 3.8) is 0 Å². The van der Waals surface area contributed by atoms with Gasteiger partial charge in [0.25, 0.3) is 0 Å². The fourth-order valence-corrected chi connectivity index (χ4v) is 5.94. The van der Waals surface area contributed by atoms with Crippen LogP contribution in [0, 0.1) is 13.8 Å². The van der Waals surface area contributed by atoms with Crippen LogP contribution in [-0.2, 0) is 16.1 Å². The maximum Gasteiger partial charge on any atom is 0.337 e. The average molecular weight is 737 g/mol. The fraction of sp³-hybridized carbons (Fsp3) is 0.270. The van der Waals surface area contributed by atoms with Gasteiger partial charge in [0.1, 0.15) is 19.0 Å². The van der Waals surface area contributed by atoms with E-state index in [2.05, 4.69) is 25.7 Å². The van der Waals surface area contributed by atoms with Crippen LogP contribution in [0.25, 0.3) is 5.69 Å². The van der Waals surface area contributed by atoms with Gasteiger partial charge in [-0.25, -0.2) is 9.59 Å². The number of methoxy groups -OCH3 is 1. The number of hydrogen-bond acceptors (Lipinski definition) is 9. The number of aliphatic hydroxyl groups excluding tert-OH is 1. The third-order valence-electron chi connectivity index (χ3n) is 8.05. The first-order valence-electron chi connectivity index (χ1n) is 16.1. The number of esters is 1. The van der Waals surface area contributed by atoms with Gasteiger partial charge < -0.3 is 39.3 Å². The predicted molar refractivity (Wildman–Crippen MR) is 195 cm³/mol. The van der Waals surface area contributed by atoms with Crippen LogP contribution in [0.2, 0.25) is 10.0 Å². The van der Waals surface area contributed by atoms with Crippen molar-refractivity contribution in [1.82, 2.24) is 20.6 Å². The Labute approximate surface area is 305 Å². The molecule has 1 aliphatic heterocycles. The summed E-state index contributed by atoms with van der Waals surface area (Å²) in [7, 11) is 1.28. The SMILES string of the molecule is CCOc1cc([C@@H]2NC(=O)NC(C)=C2C(=O)OC)ccc1OC[C@H](O)N/N=C/c1cc(C)n(-c2ccc(OCc3ccc(Cl)c(Cl)c3)cc2)c1C. The van der Waals surface area contributed by atoms with E-state index in [1.165, 1.54) is 7.11 Å². The number of hydrazone groups is 1. The quantitative estimate of drug-likeness (QED) is 0.0497. The number of halogens is 2. The van der Waals surface area contributed by atoms with Crippen molar-refractivity contribution >= 4 is 41.4 Å². The molecule has 1 aliphatic rings. The lowest BCUT2D eigenvalue weighted by atomic mass is 9.95. The van der Waals surface area contributed by atoms with E-state index in [9.17, 15) is 14.7 Å². The molecule has 0 saturated heterocycles. The molecule has 2 heterocycles. The molecular formula is C37H39Cl2N5O7. The van der Waals surface area contributed by atoms with Crippen molar-refractivity contribution in [2.75, 3.05) is 20.3 Å². The van der Waals surface area contributed by atoms with Gasteiger partial charge in [-0.15, -0.1) is 0 Å². The van der Waals surface area contributed by atoms with Crippen molar-refractivity contribution in [1.29, 1.82) is 0 Å². The molecule has 0 aliphatic carbocycles. The third-order valence-corrected chi connectivity index (χ3v) is 8.79.